The van der Waals surface area contributed by atoms with Crippen LogP contribution in [0.5, 0.6) is 0 Å². The monoisotopic (exact) mass is 216 g/mol. The molecule has 76 valence electrons. The number of allylic oxidation sites excluding steroid dienone is 1. The molecular formula is C11H11ClF2. The molecule has 0 aliphatic rings. The first-order valence-corrected chi connectivity index (χ1v) is 4.72. The van der Waals surface area contributed by atoms with Gasteiger partial charge in [0.1, 0.15) is 11.6 Å². The number of alkyl halides is 1. The second-order valence-electron chi connectivity index (χ2n) is 3.14. The van der Waals surface area contributed by atoms with Crippen LogP contribution in [0.25, 0.3) is 6.08 Å². The quantitative estimate of drug-likeness (QED) is 0.656. The minimum Gasteiger partial charge on any atom is -0.206 e. The van der Waals surface area contributed by atoms with Gasteiger partial charge in [0.15, 0.2) is 0 Å². The van der Waals surface area contributed by atoms with Crippen LogP contribution in [0.15, 0.2) is 23.8 Å². The van der Waals surface area contributed by atoms with Crippen LogP contribution in [0.3, 0.4) is 0 Å². The fourth-order valence-corrected chi connectivity index (χ4v) is 1.05. The molecule has 0 fully saturated rings. The molecule has 1 aromatic rings. The van der Waals surface area contributed by atoms with Crippen LogP contribution >= 0.6 is 11.6 Å². The Morgan fingerprint density at radius 2 is 1.86 bits per heavy atom. The van der Waals surface area contributed by atoms with Crippen molar-refractivity contribution in [3.63, 3.8) is 0 Å². The molecule has 0 nitrogen and oxygen atoms in total. The van der Waals surface area contributed by atoms with Gasteiger partial charge in [0.25, 0.3) is 0 Å². The summed E-state index contributed by atoms with van der Waals surface area (Å²) in [5.41, 5.74) is 0.702. The van der Waals surface area contributed by atoms with Crippen molar-refractivity contribution in [2.45, 2.75) is 19.2 Å². The molecule has 14 heavy (non-hydrogen) atoms. The summed E-state index contributed by atoms with van der Waals surface area (Å²) in [6.45, 7) is 3.50. The number of hydrogen-bond donors (Lipinski definition) is 0. The summed E-state index contributed by atoms with van der Waals surface area (Å²) < 4.78 is 26.3. The van der Waals surface area contributed by atoms with Crippen molar-refractivity contribution < 1.29 is 8.78 Å². The summed E-state index contributed by atoms with van der Waals surface area (Å²) in [5, 5.41) is -0.228. The Morgan fingerprint density at radius 3 is 2.29 bits per heavy atom. The zero-order chi connectivity index (χ0) is 10.7. The third-order valence-corrected chi connectivity index (χ3v) is 2.34. The average molecular weight is 217 g/mol. The predicted molar refractivity (Wildman–Crippen MR) is 55.3 cm³/mol. The van der Waals surface area contributed by atoms with Crippen molar-refractivity contribution in [2.75, 3.05) is 0 Å². The Labute approximate surface area is 87.2 Å². The maximum Gasteiger partial charge on any atom is 0.133 e. The van der Waals surface area contributed by atoms with Crippen molar-refractivity contribution in [1.82, 2.24) is 0 Å². The minimum absolute atomic E-state index is 0.0301. The maximum absolute atomic E-state index is 13.1. The Balaban J connectivity index is 3.14. The molecule has 0 aromatic heterocycles. The average Bonchev–Trinajstić information content (AvgIpc) is 2.11. The molecule has 3 heteroatoms. The second kappa shape index (κ2) is 4.56. The molecule has 0 aliphatic heterocycles. The van der Waals surface area contributed by atoms with Gasteiger partial charge in [-0.2, -0.15) is 0 Å². The van der Waals surface area contributed by atoms with E-state index < -0.39 is 11.6 Å². The smallest absolute Gasteiger partial charge is 0.133 e. The highest BCUT2D eigenvalue weighted by molar-refractivity contribution is 6.22. The Hall–Kier alpha value is -0.890. The van der Waals surface area contributed by atoms with Crippen molar-refractivity contribution in [2.24, 2.45) is 0 Å². The lowest BCUT2D eigenvalue weighted by Gasteiger charge is -2.04. The first-order chi connectivity index (χ1) is 6.52. The summed E-state index contributed by atoms with van der Waals surface area (Å²) in [5.74, 6) is -1.14. The van der Waals surface area contributed by atoms with Crippen LogP contribution in [0.2, 0.25) is 0 Å². The van der Waals surface area contributed by atoms with E-state index in [1.54, 1.807) is 13.8 Å². The maximum atomic E-state index is 13.1. The molecule has 0 amide bonds. The van der Waals surface area contributed by atoms with Crippen LogP contribution in [-0.4, -0.2) is 5.38 Å². The van der Waals surface area contributed by atoms with Crippen molar-refractivity contribution in [3.05, 3.63) is 41.0 Å². The van der Waals surface area contributed by atoms with E-state index in [4.69, 9.17) is 11.6 Å². The van der Waals surface area contributed by atoms with E-state index in [0.29, 0.717) is 0 Å². The normalized spacial score (nSPS) is 14.2. The molecular weight excluding hydrogens is 206 g/mol. The SMILES string of the molecule is C/C(=C\c1c(F)cccc1F)C(C)Cl. The van der Waals surface area contributed by atoms with E-state index in [1.165, 1.54) is 24.3 Å². The Morgan fingerprint density at radius 1 is 1.36 bits per heavy atom. The first-order valence-electron chi connectivity index (χ1n) is 4.28. The van der Waals surface area contributed by atoms with Gasteiger partial charge in [-0.1, -0.05) is 11.6 Å². The number of benzene rings is 1. The predicted octanol–water partition coefficient (Wildman–Crippen LogP) is 4.00. The van der Waals surface area contributed by atoms with E-state index >= 15 is 0 Å². The zero-order valence-corrected chi connectivity index (χ0v) is 8.78. The van der Waals surface area contributed by atoms with Gasteiger partial charge in [0.05, 0.1) is 5.38 Å². The highest BCUT2D eigenvalue weighted by atomic mass is 35.5. The van der Waals surface area contributed by atoms with Gasteiger partial charge in [0, 0.05) is 5.56 Å². The first kappa shape index (κ1) is 11.2. The molecule has 0 spiro atoms. The molecule has 0 N–H and O–H groups in total. The molecule has 0 bridgehead atoms. The summed E-state index contributed by atoms with van der Waals surface area (Å²) in [4.78, 5) is 0. The van der Waals surface area contributed by atoms with Crippen LogP contribution < -0.4 is 0 Å². The lowest BCUT2D eigenvalue weighted by Crippen LogP contribution is -1.95. The molecule has 0 saturated heterocycles. The highest BCUT2D eigenvalue weighted by Crippen LogP contribution is 2.18. The van der Waals surface area contributed by atoms with E-state index in [9.17, 15) is 8.78 Å². The molecule has 1 unspecified atom stereocenters. The van der Waals surface area contributed by atoms with Crippen LogP contribution in [0, 0.1) is 11.6 Å². The van der Waals surface area contributed by atoms with E-state index in [0.717, 1.165) is 5.57 Å². The van der Waals surface area contributed by atoms with Crippen molar-refractivity contribution in [3.8, 4) is 0 Å². The minimum atomic E-state index is -0.568. The number of rotatable bonds is 2. The fraction of sp³-hybridized carbons (Fsp3) is 0.273. The molecule has 0 radical (unpaired) electrons. The highest BCUT2D eigenvalue weighted by Gasteiger charge is 2.07. The van der Waals surface area contributed by atoms with Gasteiger partial charge in [-0.15, -0.1) is 11.6 Å². The summed E-state index contributed by atoms with van der Waals surface area (Å²) in [6.07, 6.45) is 1.43. The third kappa shape index (κ3) is 2.55. The second-order valence-corrected chi connectivity index (χ2v) is 3.79. The molecule has 0 saturated carbocycles. The van der Waals surface area contributed by atoms with E-state index in [2.05, 4.69) is 0 Å². The van der Waals surface area contributed by atoms with Gasteiger partial charge >= 0.3 is 0 Å². The standard InChI is InChI=1S/C11H11ClF2/c1-7(8(2)12)6-9-10(13)4-3-5-11(9)14/h3-6,8H,1-2H3/b7-6+. The van der Waals surface area contributed by atoms with Crippen molar-refractivity contribution in [1.29, 1.82) is 0 Å². The van der Waals surface area contributed by atoms with Crippen molar-refractivity contribution >= 4 is 17.7 Å². The Bertz CT molecular complexity index is 336. The summed E-state index contributed by atoms with van der Waals surface area (Å²) >= 11 is 5.77. The summed E-state index contributed by atoms with van der Waals surface area (Å²) in [7, 11) is 0. The van der Waals surface area contributed by atoms with E-state index in [-0.39, 0.29) is 10.9 Å². The van der Waals surface area contributed by atoms with Gasteiger partial charge in [-0.3, -0.25) is 0 Å². The van der Waals surface area contributed by atoms with Gasteiger partial charge in [-0.05, 0) is 32.1 Å². The molecule has 0 aliphatic carbocycles. The molecule has 1 aromatic carbocycles. The zero-order valence-electron chi connectivity index (χ0n) is 8.02. The molecule has 1 atom stereocenters. The largest absolute Gasteiger partial charge is 0.206 e. The van der Waals surface area contributed by atoms with Crippen LogP contribution in [-0.2, 0) is 0 Å². The number of halogens is 3. The van der Waals surface area contributed by atoms with Crippen LogP contribution in [0.4, 0.5) is 8.78 Å². The third-order valence-electron chi connectivity index (χ3n) is 2.00. The summed E-state index contributed by atoms with van der Waals surface area (Å²) in [6, 6.07) is 3.78. The van der Waals surface area contributed by atoms with E-state index in [1.807, 2.05) is 0 Å². The van der Waals surface area contributed by atoms with Gasteiger partial charge in [0.2, 0.25) is 0 Å². The van der Waals surface area contributed by atoms with Gasteiger partial charge < -0.3 is 0 Å². The number of hydrogen-bond acceptors (Lipinski definition) is 0. The topological polar surface area (TPSA) is 0 Å². The van der Waals surface area contributed by atoms with Crippen LogP contribution in [0.1, 0.15) is 19.4 Å². The molecule has 0 heterocycles. The molecule has 1 rings (SSSR count). The van der Waals surface area contributed by atoms with Gasteiger partial charge in [-0.25, -0.2) is 8.78 Å². The lowest BCUT2D eigenvalue weighted by molar-refractivity contribution is 0.578. The Kier molecular flexibility index (Phi) is 3.64. The lowest BCUT2D eigenvalue weighted by atomic mass is 10.1. The fourth-order valence-electron chi connectivity index (χ4n) is 0.991.